The van der Waals surface area contributed by atoms with Gasteiger partial charge >= 0.3 is 5.97 Å². The first-order valence-electron chi connectivity index (χ1n) is 4.26. The average molecular weight is 180 g/mol. The molecule has 0 saturated heterocycles. The van der Waals surface area contributed by atoms with Gasteiger partial charge in [-0.2, -0.15) is 0 Å². The van der Waals surface area contributed by atoms with Crippen LogP contribution in [0.5, 0.6) is 0 Å². The van der Waals surface area contributed by atoms with Crippen LogP contribution in [-0.4, -0.2) is 12.6 Å². The third-order valence-corrected chi connectivity index (χ3v) is 1.17. The Morgan fingerprint density at radius 1 is 1.31 bits per heavy atom. The molecule has 0 fully saturated rings. The maximum absolute atomic E-state index is 10.9. The molecular formula is C11H16O2. The summed E-state index contributed by atoms with van der Waals surface area (Å²) in [6, 6.07) is 0. The highest BCUT2D eigenvalue weighted by Gasteiger charge is 1.93. The Bertz CT molecular complexity index is 230. The molecule has 0 unspecified atom stereocenters. The fraction of sp³-hybridized carbons (Fsp3) is 0.364. The molecular weight excluding hydrogens is 164 g/mol. The normalized spacial score (nSPS) is 10.7. The average Bonchev–Trinajstić information content (AvgIpc) is 2.02. The summed E-state index contributed by atoms with van der Waals surface area (Å²) in [6.07, 6.45) is 8.90. The van der Waals surface area contributed by atoms with Crippen molar-refractivity contribution in [3.8, 4) is 0 Å². The van der Waals surface area contributed by atoms with Crippen LogP contribution in [0.15, 0.2) is 36.0 Å². The summed E-state index contributed by atoms with van der Waals surface area (Å²) >= 11 is 0. The van der Waals surface area contributed by atoms with Crippen molar-refractivity contribution in [2.24, 2.45) is 0 Å². The molecule has 0 aromatic carbocycles. The van der Waals surface area contributed by atoms with Gasteiger partial charge in [-0.1, -0.05) is 23.8 Å². The molecule has 0 N–H and O–H groups in total. The summed E-state index contributed by atoms with van der Waals surface area (Å²) < 4.78 is 4.86. The number of carbonyl (C=O) groups excluding carboxylic acids is 1. The number of hydrogen-bond acceptors (Lipinski definition) is 2. The van der Waals surface area contributed by atoms with Crippen molar-refractivity contribution in [3.63, 3.8) is 0 Å². The number of allylic oxidation sites excluding steroid dienone is 4. The van der Waals surface area contributed by atoms with Gasteiger partial charge in [0.05, 0.1) is 0 Å². The van der Waals surface area contributed by atoms with Crippen molar-refractivity contribution in [1.82, 2.24) is 0 Å². The van der Waals surface area contributed by atoms with Gasteiger partial charge < -0.3 is 4.74 Å². The Morgan fingerprint density at radius 2 is 2.00 bits per heavy atom. The van der Waals surface area contributed by atoms with E-state index in [0.717, 1.165) is 5.57 Å². The van der Waals surface area contributed by atoms with E-state index >= 15 is 0 Å². The molecule has 0 aliphatic carbocycles. The highest BCUT2D eigenvalue weighted by molar-refractivity contribution is 5.82. The zero-order valence-electron chi connectivity index (χ0n) is 8.41. The minimum atomic E-state index is -0.287. The van der Waals surface area contributed by atoms with E-state index in [-0.39, 0.29) is 5.97 Å². The molecule has 0 heterocycles. The van der Waals surface area contributed by atoms with Crippen molar-refractivity contribution < 1.29 is 9.53 Å². The van der Waals surface area contributed by atoms with Crippen LogP contribution < -0.4 is 0 Å². The smallest absolute Gasteiger partial charge is 0.330 e. The van der Waals surface area contributed by atoms with Crippen LogP contribution >= 0.6 is 0 Å². The van der Waals surface area contributed by atoms with Gasteiger partial charge in [0.25, 0.3) is 0 Å². The Labute approximate surface area is 79.6 Å². The van der Waals surface area contributed by atoms with Crippen molar-refractivity contribution in [2.45, 2.75) is 20.8 Å². The third kappa shape index (κ3) is 8.60. The van der Waals surface area contributed by atoms with Crippen molar-refractivity contribution in [1.29, 1.82) is 0 Å². The molecule has 0 spiro atoms. The van der Waals surface area contributed by atoms with Gasteiger partial charge in [0, 0.05) is 6.08 Å². The zero-order valence-corrected chi connectivity index (χ0v) is 8.41. The number of rotatable bonds is 4. The van der Waals surface area contributed by atoms with E-state index in [1.54, 1.807) is 6.08 Å². The first-order valence-corrected chi connectivity index (χ1v) is 4.26. The minimum absolute atomic E-state index is 0.287. The molecule has 13 heavy (non-hydrogen) atoms. The fourth-order valence-electron chi connectivity index (χ4n) is 0.653. The van der Waals surface area contributed by atoms with E-state index in [4.69, 9.17) is 4.74 Å². The second kappa shape index (κ2) is 7.35. The second-order valence-corrected chi connectivity index (χ2v) is 2.81. The van der Waals surface area contributed by atoms with Crippen LogP contribution in [0.3, 0.4) is 0 Å². The molecule has 0 aromatic heterocycles. The molecule has 0 saturated carbocycles. The van der Waals surface area contributed by atoms with Crippen molar-refractivity contribution >= 4 is 5.97 Å². The molecule has 0 aromatic rings. The topological polar surface area (TPSA) is 26.3 Å². The molecule has 0 atom stereocenters. The molecule has 0 amide bonds. The maximum Gasteiger partial charge on any atom is 0.330 e. The van der Waals surface area contributed by atoms with E-state index in [0.29, 0.717) is 6.61 Å². The SMILES string of the molecule is CC=CC=CCOC(=O)C=C(C)C. The van der Waals surface area contributed by atoms with Gasteiger partial charge in [0.2, 0.25) is 0 Å². The third-order valence-electron chi connectivity index (χ3n) is 1.17. The van der Waals surface area contributed by atoms with Gasteiger partial charge in [-0.25, -0.2) is 4.79 Å². The standard InChI is InChI=1S/C11H16O2/c1-4-5-6-7-8-13-11(12)9-10(2)3/h4-7,9H,8H2,1-3H3. The van der Waals surface area contributed by atoms with Gasteiger partial charge in [-0.05, 0) is 26.8 Å². The van der Waals surface area contributed by atoms with Gasteiger partial charge in [0.1, 0.15) is 6.61 Å². The molecule has 2 nitrogen and oxygen atoms in total. The van der Waals surface area contributed by atoms with E-state index in [1.165, 1.54) is 6.08 Å². The molecule has 72 valence electrons. The number of esters is 1. The Balaban J connectivity index is 3.66. The van der Waals surface area contributed by atoms with Crippen molar-refractivity contribution in [2.75, 3.05) is 6.61 Å². The maximum atomic E-state index is 10.9. The molecule has 0 radical (unpaired) electrons. The zero-order chi connectivity index (χ0) is 10.1. The van der Waals surface area contributed by atoms with E-state index in [2.05, 4.69) is 0 Å². The van der Waals surface area contributed by atoms with Crippen LogP contribution in [0.2, 0.25) is 0 Å². The predicted octanol–water partition coefficient (Wildman–Crippen LogP) is 2.63. The summed E-state index contributed by atoms with van der Waals surface area (Å²) in [5, 5.41) is 0. The van der Waals surface area contributed by atoms with E-state index in [9.17, 15) is 4.79 Å². The lowest BCUT2D eigenvalue weighted by molar-refractivity contribution is -0.136. The summed E-state index contributed by atoms with van der Waals surface area (Å²) in [5.74, 6) is -0.287. The molecule has 0 aliphatic heterocycles. The highest BCUT2D eigenvalue weighted by atomic mass is 16.5. The quantitative estimate of drug-likeness (QED) is 0.377. The molecule has 0 aliphatic rings. The highest BCUT2D eigenvalue weighted by Crippen LogP contribution is 1.91. The van der Waals surface area contributed by atoms with Crippen LogP contribution in [0, 0.1) is 0 Å². The van der Waals surface area contributed by atoms with Gasteiger partial charge in [0.15, 0.2) is 0 Å². The predicted molar refractivity (Wildman–Crippen MR) is 54.3 cm³/mol. The first kappa shape index (κ1) is 11.7. The van der Waals surface area contributed by atoms with Crippen LogP contribution in [-0.2, 0) is 9.53 Å². The molecule has 2 heteroatoms. The Morgan fingerprint density at radius 3 is 2.54 bits per heavy atom. The lowest BCUT2D eigenvalue weighted by Gasteiger charge is -1.96. The number of hydrogen-bond donors (Lipinski definition) is 0. The molecule has 0 bridgehead atoms. The number of carbonyl (C=O) groups is 1. The largest absolute Gasteiger partial charge is 0.458 e. The number of ether oxygens (including phenoxy) is 1. The van der Waals surface area contributed by atoms with Crippen LogP contribution in [0.25, 0.3) is 0 Å². The van der Waals surface area contributed by atoms with E-state index < -0.39 is 0 Å². The van der Waals surface area contributed by atoms with Gasteiger partial charge in [-0.3, -0.25) is 0 Å². The van der Waals surface area contributed by atoms with Crippen LogP contribution in [0.1, 0.15) is 20.8 Å². The summed E-state index contributed by atoms with van der Waals surface area (Å²) in [5.41, 5.74) is 0.947. The Hall–Kier alpha value is -1.31. The summed E-state index contributed by atoms with van der Waals surface area (Å²) in [4.78, 5) is 10.9. The van der Waals surface area contributed by atoms with Crippen LogP contribution in [0.4, 0.5) is 0 Å². The minimum Gasteiger partial charge on any atom is -0.458 e. The Kier molecular flexibility index (Phi) is 6.60. The fourth-order valence-corrected chi connectivity index (χ4v) is 0.653. The lowest BCUT2D eigenvalue weighted by atomic mass is 10.3. The summed E-state index contributed by atoms with van der Waals surface area (Å²) in [6.45, 7) is 5.97. The molecule has 0 rings (SSSR count). The summed E-state index contributed by atoms with van der Waals surface area (Å²) in [7, 11) is 0. The lowest BCUT2D eigenvalue weighted by Crippen LogP contribution is -2.00. The monoisotopic (exact) mass is 180 g/mol. The second-order valence-electron chi connectivity index (χ2n) is 2.81. The van der Waals surface area contributed by atoms with Gasteiger partial charge in [-0.15, -0.1) is 0 Å². The van der Waals surface area contributed by atoms with E-state index in [1.807, 2.05) is 39.0 Å². The first-order chi connectivity index (χ1) is 6.16. The van der Waals surface area contributed by atoms with Crippen molar-refractivity contribution in [3.05, 3.63) is 36.0 Å².